The summed E-state index contributed by atoms with van der Waals surface area (Å²) in [6.07, 6.45) is 2.59. The molecular weight excluding hydrogens is 322 g/mol. The Balaban J connectivity index is 1.72. The molecule has 0 saturated carbocycles. The van der Waals surface area contributed by atoms with E-state index in [1.165, 1.54) is 0 Å². The largest absolute Gasteiger partial charge is 0.342 e. The summed E-state index contributed by atoms with van der Waals surface area (Å²) in [5.74, 6) is 1.45. The molecule has 6 nitrogen and oxygen atoms in total. The molecule has 0 unspecified atom stereocenters. The predicted octanol–water partition coefficient (Wildman–Crippen LogP) is 2.63. The van der Waals surface area contributed by atoms with E-state index in [4.69, 9.17) is 0 Å². The van der Waals surface area contributed by atoms with Gasteiger partial charge in [-0.3, -0.25) is 4.79 Å². The Morgan fingerprint density at radius 1 is 1.25 bits per heavy atom. The van der Waals surface area contributed by atoms with E-state index in [1.54, 1.807) is 15.9 Å². The monoisotopic (exact) mass is 341 g/mol. The van der Waals surface area contributed by atoms with Crippen molar-refractivity contribution in [3.05, 3.63) is 34.5 Å². The van der Waals surface area contributed by atoms with Gasteiger partial charge in [0.05, 0.1) is 11.3 Å². The maximum atomic E-state index is 12.5. The molecule has 0 aliphatic carbocycles. The highest BCUT2D eigenvalue weighted by Crippen LogP contribution is 2.23. The highest BCUT2D eigenvalue weighted by atomic mass is 32.1. The normalized spacial score (nSPS) is 14.7. The summed E-state index contributed by atoms with van der Waals surface area (Å²) >= 11 is 1.61. The molecule has 1 aliphatic rings. The van der Waals surface area contributed by atoms with E-state index in [0.29, 0.717) is 18.0 Å². The fourth-order valence-corrected chi connectivity index (χ4v) is 3.86. The molecular formula is C17H19N5OS. The van der Waals surface area contributed by atoms with Crippen LogP contribution in [0.1, 0.15) is 29.8 Å². The van der Waals surface area contributed by atoms with Crippen LogP contribution in [0.2, 0.25) is 0 Å². The summed E-state index contributed by atoms with van der Waals surface area (Å²) in [6, 6.07) is 3.98. The van der Waals surface area contributed by atoms with Crippen LogP contribution < -0.4 is 0 Å². The average Bonchev–Trinajstić information content (AvgIpc) is 3.31. The number of hydrogen-bond acceptors (Lipinski definition) is 5. The number of fused-ring (bicyclic) bond motifs is 1. The number of carbonyl (C=O) groups is 1. The van der Waals surface area contributed by atoms with Gasteiger partial charge in [-0.2, -0.15) is 4.98 Å². The summed E-state index contributed by atoms with van der Waals surface area (Å²) in [5.41, 5.74) is 2.76. The van der Waals surface area contributed by atoms with Crippen molar-refractivity contribution in [2.24, 2.45) is 0 Å². The first kappa shape index (κ1) is 15.3. The molecule has 3 aromatic heterocycles. The van der Waals surface area contributed by atoms with Crippen molar-refractivity contribution in [3.8, 4) is 10.7 Å². The van der Waals surface area contributed by atoms with Crippen LogP contribution in [0.4, 0.5) is 0 Å². The minimum atomic E-state index is 0.179. The van der Waals surface area contributed by atoms with Crippen LogP contribution in [0.25, 0.3) is 16.5 Å². The highest BCUT2D eigenvalue weighted by Gasteiger charge is 2.22. The maximum absolute atomic E-state index is 12.5. The lowest BCUT2D eigenvalue weighted by atomic mass is 10.1. The second-order valence-corrected chi connectivity index (χ2v) is 7.10. The molecule has 0 bridgehead atoms. The van der Waals surface area contributed by atoms with Crippen LogP contribution in [0.3, 0.4) is 0 Å². The van der Waals surface area contributed by atoms with Gasteiger partial charge in [-0.25, -0.2) is 9.50 Å². The molecule has 0 N–H and O–H groups in total. The van der Waals surface area contributed by atoms with Gasteiger partial charge >= 0.3 is 0 Å². The van der Waals surface area contributed by atoms with Crippen LogP contribution in [0.5, 0.6) is 0 Å². The van der Waals surface area contributed by atoms with Gasteiger partial charge < -0.3 is 4.90 Å². The lowest BCUT2D eigenvalue weighted by Crippen LogP contribution is -2.29. The SMILES string of the molecule is Cc1nc2nc(-c3cccs3)nn2c(C)c1CC(=O)N1CCCC1. The second kappa shape index (κ2) is 5.98. The molecule has 0 radical (unpaired) electrons. The molecule has 1 saturated heterocycles. The molecule has 0 atom stereocenters. The molecule has 1 fully saturated rings. The van der Waals surface area contributed by atoms with Crippen molar-refractivity contribution in [3.63, 3.8) is 0 Å². The van der Waals surface area contributed by atoms with Crippen molar-refractivity contribution in [2.45, 2.75) is 33.1 Å². The molecule has 4 rings (SSSR count). The lowest BCUT2D eigenvalue weighted by Gasteiger charge is -2.17. The average molecular weight is 341 g/mol. The number of likely N-dealkylation sites (tertiary alicyclic amines) is 1. The van der Waals surface area contributed by atoms with Crippen molar-refractivity contribution >= 4 is 23.0 Å². The number of aryl methyl sites for hydroxylation is 2. The zero-order valence-electron chi connectivity index (χ0n) is 13.8. The van der Waals surface area contributed by atoms with Crippen LogP contribution in [0, 0.1) is 13.8 Å². The molecule has 4 heterocycles. The van der Waals surface area contributed by atoms with Crippen molar-refractivity contribution < 1.29 is 4.79 Å². The predicted molar refractivity (Wildman–Crippen MR) is 93.1 cm³/mol. The Kier molecular flexibility index (Phi) is 3.80. The van der Waals surface area contributed by atoms with E-state index in [9.17, 15) is 4.79 Å². The zero-order valence-corrected chi connectivity index (χ0v) is 14.6. The summed E-state index contributed by atoms with van der Waals surface area (Å²) in [5, 5.41) is 6.60. The maximum Gasteiger partial charge on any atom is 0.253 e. The highest BCUT2D eigenvalue weighted by molar-refractivity contribution is 7.13. The first-order valence-electron chi connectivity index (χ1n) is 8.18. The van der Waals surface area contributed by atoms with Crippen LogP contribution in [-0.4, -0.2) is 43.5 Å². The van der Waals surface area contributed by atoms with E-state index >= 15 is 0 Å². The van der Waals surface area contributed by atoms with Crippen molar-refractivity contribution in [1.29, 1.82) is 0 Å². The van der Waals surface area contributed by atoms with Gasteiger partial charge in [0.1, 0.15) is 0 Å². The summed E-state index contributed by atoms with van der Waals surface area (Å²) < 4.78 is 1.76. The number of rotatable bonds is 3. The fraction of sp³-hybridized carbons (Fsp3) is 0.412. The number of nitrogens with zero attached hydrogens (tertiary/aromatic N) is 5. The first-order chi connectivity index (χ1) is 11.6. The minimum Gasteiger partial charge on any atom is -0.342 e. The van der Waals surface area contributed by atoms with E-state index in [2.05, 4.69) is 15.1 Å². The van der Waals surface area contributed by atoms with Gasteiger partial charge in [0.15, 0.2) is 5.82 Å². The summed E-state index contributed by atoms with van der Waals surface area (Å²) in [7, 11) is 0. The van der Waals surface area contributed by atoms with Gasteiger partial charge in [-0.1, -0.05) is 6.07 Å². The summed E-state index contributed by atoms with van der Waals surface area (Å²) in [4.78, 5) is 24.6. The third-order valence-electron chi connectivity index (χ3n) is 4.58. The first-order valence-corrected chi connectivity index (χ1v) is 9.06. The van der Waals surface area contributed by atoms with Crippen molar-refractivity contribution in [2.75, 3.05) is 13.1 Å². The Labute approximate surface area is 144 Å². The molecule has 7 heteroatoms. The molecule has 3 aromatic rings. The zero-order chi connectivity index (χ0) is 16.7. The molecule has 124 valence electrons. The molecule has 1 amide bonds. The Morgan fingerprint density at radius 2 is 2.04 bits per heavy atom. The van der Waals surface area contributed by atoms with Gasteiger partial charge in [0.25, 0.3) is 5.78 Å². The number of amides is 1. The Hall–Kier alpha value is -2.28. The number of aromatic nitrogens is 4. The van der Waals surface area contributed by atoms with Crippen LogP contribution in [-0.2, 0) is 11.2 Å². The molecule has 0 spiro atoms. The number of carbonyl (C=O) groups excluding carboxylic acids is 1. The summed E-state index contributed by atoms with van der Waals surface area (Å²) in [6.45, 7) is 5.68. The van der Waals surface area contributed by atoms with Crippen molar-refractivity contribution in [1.82, 2.24) is 24.5 Å². The van der Waals surface area contributed by atoms with Gasteiger partial charge in [-0.15, -0.1) is 16.4 Å². The topological polar surface area (TPSA) is 63.4 Å². The minimum absolute atomic E-state index is 0.179. The third kappa shape index (κ3) is 2.58. The number of thiophene rings is 1. The molecule has 0 aromatic carbocycles. The molecule has 24 heavy (non-hydrogen) atoms. The van der Waals surface area contributed by atoms with E-state index in [0.717, 1.165) is 47.8 Å². The lowest BCUT2D eigenvalue weighted by molar-refractivity contribution is -0.129. The number of hydrogen-bond donors (Lipinski definition) is 0. The van der Waals surface area contributed by atoms with Gasteiger partial charge in [0.2, 0.25) is 5.91 Å². The van der Waals surface area contributed by atoms with E-state index < -0.39 is 0 Å². The van der Waals surface area contributed by atoms with E-state index in [-0.39, 0.29) is 5.91 Å². The fourth-order valence-electron chi connectivity index (χ4n) is 3.20. The quantitative estimate of drug-likeness (QED) is 0.735. The Bertz CT molecular complexity index is 893. The smallest absolute Gasteiger partial charge is 0.253 e. The standard InChI is InChI=1S/C17H19N5OS/c1-11-13(10-15(23)21-7-3-4-8-21)12(2)22-17(18-11)19-16(20-22)14-6-5-9-24-14/h5-6,9H,3-4,7-8,10H2,1-2H3. The molecule has 1 aliphatic heterocycles. The third-order valence-corrected chi connectivity index (χ3v) is 5.44. The van der Waals surface area contributed by atoms with Crippen LogP contribution in [0.15, 0.2) is 17.5 Å². The Morgan fingerprint density at radius 3 is 2.75 bits per heavy atom. The van der Waals surface area contributed by atoms with Gasteiger partial charge in [-0.05, 0) is 38.1 Å². The van der Waals surface area contributed by atoms with E-state index in [1.807, 2.05) is 36.3 Å². The second-order valence-electron chi connectivity index (χ2n) is 6.15. The van der Waals surface area contributed by atoms with Gasteiger partial charge in [0, 0.05) is 30.0 Å². The van der Waals surface area contributed by atoms with Crippen LogP contribution >= 0.6 is 11.3 Å².